The van der Waals surface area contributed by atoms with E-state index in [1.54, 1.807) is 12.1 Å². The highest BCUT2D eigenvalue weighted by atomic mass is 79.9. The number of nitrogens with two attached hydrogens (primary N) is 1. The summed E-state index contributed by atoms with van der Waals surface area (Å²) >= 11 is 3.33. The van der Waals surface area contributed by atoms with E-state index < -0.39 is 11.7 Å². The number of anilines is 2. The van der Waals surface area contributed by atoms with Crippen LogP contribution in [0.1, 0.15) is 15.9 Å². The average Bonchev–Trinajstić information content (AvgIpc) is 2.39. The Labute approximate surface area is 124 Å². The van der Waals surface area contributed by atoms with Crippen LogP contribution in [0.2, 0.25) is 0 Å². The van der Waals surface area contributed by atoms with Crippen LogP contribution in [-0.4, -0.2) is 16.1 Å². The Morgan fingerprint density at radius 1 is 1.30 bits per heavy atom. The monoisotopic (exact) mass is 336 g/mol. The average molecular weight is 337 g/mol. The second-order valence-corrected chi connectivity index (χ2v) is 5.17. The molecule has 0 bridgehead atoms. The van der Waals surface area contributed by atoms with Crippen molar-refractivity contribution in [3.8, 4) is 11.5 Å². The number of carbonyl (C=O) groups excluding carboxylic acids is 1. The van der Waals surface area contributed by atoms with Gasteiger partial charge in [-0.25, -0.2) is 0 Å². The summed E-state index contributed by atoms with van der Waals surface area (Å²) in [6.45, 7) is 1.85. The topological polar surface area (TPSA) is 95.6 Å². The molecular formula is C14H13BrN2O3. The molecule has 0 aliphatic rings. The van der Waals surface area contributed by atoms with Gasteiger partial charge < -0.3 is 21.3 Å². The number of nitrogen functional groups attached to an aromatic ring is 1. The lowest BCUT2D eigenvalue weighted by Gasteiger charge is -2.11. The Bertz CT molecular complexity index is 686. The molecule has 2 rings (SSSR count). The van der Waals surface area contributed by atoms with E-state index in [4.69, 9.17) is 5.73 Å². The van der Waals surface area contributed by atoms with Gasteiger partial charge in [-0.3, -0.25) is 4.79 Å². The second-order valence-electron chi connectivity index (χ2n) is 4.32. The third kappa shape index (κ3) is 2.70. The van der Waals surface area contributed by atoms with Crippen LogP contribution in [0, 0.1) is 6.92 Å². The van der Waals surface area contributed by atoms with Crippen LogP contribution in [-0.2, 0) is 0 Å². The van der Waals surface area contributed by atoms with Crippen molar-refractivity contribution in [3.63, 3.8) is 0 Å². The van der Waals surface area contributed by atoms with E-state index in [1.807, 2.05) is 6.92 Å². The van der Waals surface area contributed by atoms with E-state index in [0.29, 0.717) is 15.8 Å². The molecule has 0 atom stereocenters. The summed E-state index contributed by atoms with van der Waals surface area (Å²) in [5.41, 5.74) is 7.70. The summed E-state index contributed by atoms with van der Waals surface area (Å²) in [5, 5.41) is 21.7. The van der Waals surface area contributed by atoms with E-state index in [9.17, 15) is 15.0 Å². The summed E-state index contributed by atoms with van der Waals surface area (Å²) in [6.07, 6.45) is 0. The predicted octanol–water partition coefficient (Wildman–Crippen LogP) is 3.00. The minimum atomic E-state index is -0.539. The highest BCUT2D eigenvalue weighted by Crippen LogP contribution is 2.31. The molecule has 0 heterocycles. The van der Waals surface area contributed by atoms with Crippen molar-refractivity contribution >= 4 is 33.2 Å². The normalized spacial score (nSPS) is 10.3. The van der Waals surface area contributed by atoms with Gasteiger partial charge in [0.15, 0.2) is 11.5 Å². The van der Waals surface area contributed by atoms with Gasteiger partial charge in [-0.2, -0.15) is 0 Å². The lowest BCUT2D eigenvalue weighted by molar-refractivity contribution is 0.102. The number of aromatic hydroxyl groups is 2. The standard InChI is InChI=1S/C14H13BrN2O3/c1-7-5-9(15)11(6-10(7)16)17-14(20)8-3-2-4-12(18)13(8)19/h2-6,18-19H,16H2,1H3,(H,17,20). The first kappa shape index (κ1) is 14.2. The van der Waals surface area contributed by atoms with E-state index in [2.05, 4.69) is 21.2 Å². The van der Waals surface area contributed by atoms with Crippen molar-refractivity contribution in [1.82, 2.24) is 0 Å². The first-order chi connectivity index (χ1) is 9.40. The number of hydrogen-bond acceptors (Lipinski definition) is 4. The molecule has 20 heavy (non-hydrogen) atoms. The number of nitrogens with one attached hydrogen (secondary N) is 1. The quantitative estimate of drug-likeness (QED) is 0.500. The molecule has 0 aliphatic carbocycles. The summed E-state index contributed by atoms with van der Waals surface area (Å²) in [5.74, 6) is -1.34. The van der Waals surface area contributed by atoms with Gasteiger partial charge >= 0.3 is 0 Å². The molecule has 0 aliphatic heterocycles. The largest absolute Gasteiger partial charge is 0.504 e. The number of halogens is 1. The maximum atomic E-state index is 12.1. The van der Waals surface area contributed by atoms with Crippen LogP contribution < -0.4 is 11.1 Å². The number of rotatable bonds is 2. The third-order valence-corrected chi connectivity index (χ3v) is 3.52. The molecule has 1 amide bonds. The highest BCUT2D eigenvalue weighted by Gasteiger charge is 2.15. The Morgan fingerprint density at radius 2 is 2.00 bits per heavy atom. The minimum absolute atomic E-state index is 0.0175. The van der Waals surface area contributed by atoms with Crippen LogP contribution in [0.5, 0.6) is 11.5 Å². The molecule has 5 N–H and O–H groups in total. The van der Waals surface area contributed by atoms with Gasteiger partial charge in [0.1, 0.15) is 0 Å². The van der Waals surface area contributed by atoms with Gasteiger partial charge in [0.05, 0.1) is 11.3 Å². The lowest BCUT2D eigenvalue weighted by Crippen LogP contribution is -2.13. The smallest absolute Gasteiger partial charge is 0.259 e. The molecular weight excluding hydrogens is 324 g/mol. The van der Waals surface area contributed by atoms with Crippen LogP contribution in [0.3, 0.4) is 0 Å². The number of phenols is 2. The zero-order chi connectivity index (χ0) is 14.9. The molecule has 6 heteroatoms. The molecule has 2 aromatic carbocycles. The van der Waals surface area contributed by atoms with Gasteiger partial charge in [-0.15, -0.1) is 0 Å². The lowest BCUT2D eigenvalue weighted by atomic mass is 10.1. The number of amides is 1. The zero-order valence-corrected chi connectivity index (χ0v) is 12.2. The Kier molecular flexibility index (Phi) is 3.85. The van der Waals surface area contributed by atoms with Crippen LogP contribution in [0.4, 0.5) is 11.4 Å². The SMILES string of the molecule is Cc1cc(Br)c(NC(=O)c2cccc(O)c2O)cc1N. The zero-order valence-electron chi connectivity index (χ0n) is 10.6. The van der Waals surface area contributed by atoms with Crippen LogP contribution >= 0.6 is 15.9 Å². The fourth-order valence-corrected chi connectivity index (χ4v) is 2.25. The fourth-order valence-electron chi connectivity index (χ4n) is 1.69. The Hall–Kier alpha value is -2.21. The molecule has 0 saturated heterocycles. The molecule has 104 valence electrons. The van der Waals surface area contributed by atoms with Crippen molar-refractivity contribution in [3.05, 3.63) is 45.9 Å². The molecule has 0 spiro atoms. The number of aryl methyl sites for hydroxylation is 1. The van der Waals surface area contributed by atoms with E-state index in [-0.39, 0.29) is 11.3 Å². The van der Waals surface area contributed by atoms with Gasteiger partial charge in [-0.05, 0) is 52.7 Å². The molecule has 2 aromatic rings. The Morgan fingerprint density at radius 3 is 2.70 bits per heavy atom. The Balaban J connectivity index is 2.33. The highest BCUT2D eigenvalue weighted by molar-refractivity contribution is 9.10. The minimum Gasteiger partial charge on any atom is -0.504 e. The van der Waals surface area contributed by atoms with Gasteiger partial charge in [0, 0.05) is 10.2 Å². The number of hydrogen-bond donors (Lipinski definition) is 4. The van der Waals surface area contributed by atoms with E-state index >= 15 is 0 Å². The summed E-state index contributed by atoms with van der Waals surface area (Å²) < 4.78 is 0.678. The maximum absolute atomic E-state index is 12.1. The van der Waals surface area contributed by atoms with Crippen molar-refractivity contribution < 1.29 is 15.0 Å². The summed E-state index contributed by atoms with van der Waals surface area (Å²) in [4.78, 5) is 12.1. The van der Waals surface area contributed by atoms with Crippen molar-refractivity contribution in [2.75, 3.05) is 11.1 Å². The fraction of sp³-hybridized carbons (Fsp3) is 0.0714. The number of benzene rings is 2. The van der Waals surface area contributed by atoms with Crippen LogP contribution in [0.25, 0.3) is 0 Å². The first-order valence-electron chi connectivity index (χ1n) is 5.78. The van der Waals surface area contributed by atoms with Crippen LogP contribution in [0.15, 0.2) is 34.8 Å². The number of phenolic OH excluding ortho intramolecular Hbond substituents is 2. The van der Waals surface area contributed by atoms with Gasteiger partial charge in [0.25, 0.3) is 5.91 Å². The van der Waals surface area contributed by atoms with Crippen molar-refractivity contribution in [2.24, 2.45) is 0 Å². The molecule has 5 nitrogen and oxygen atoms in total. The molecule has 0 unspecified atom stereocenters. The second kappa shape index (κ2) is 5.42. The number of carbonyl (C=O) groups is 1. The molecule has 0 aromatic heterocycles. The van der Waals surface area contributed by atoms with E-state index in [0.717, 1.165) is 5.56 Å². The molecule has 0 radical (unpaired) electrons. The summed E-state index contributed by atoms with van der Waals surface area (Å²) in [6, 6.07) is 7.59. The predicted molar refractivity (Wildman–Crippen MR) is 81.0 cm³/mol. The molecule has 0 fully saturated rings. The molecule has 0 saturated carbocycles. The van der Waals surface area contributed by atoms with Gasteiger partial charge in [-0.1, -0.05) is 6.07 Å². The first-order valence-corrected chi connectivity index (χ1v) is 6.57. The van der Waals surface area contributed by atoms with E-state index in [1.165, 1.54) is 18.2 Å². The summed E-state index contributed by atoms with van der Waals surface area (Å²) in [7, 11) is 0. The number of para-hydroxylation sites is 1. The van der Waals surface area contributed by atoms with Gasteiger partial charge in [0.2, 0.25) is 0 Å². The van der Waals surface area contributed by atoms with Crippen molar-refractivity contribution in [2.45, 2.75) is 6.92 Å². The van der Waals surface area contributed by atoms with Crippen molar-refractivity contribution in [1.29, 1.82) is 0 Å². The third-order valence-electron chi connectivity index (χ3n) is 2.86. The maximum Gasteiger partial charge on any atom is 0.259 e.